The highest BCUT2D eigenvalue weighted by Gasteiger charge is 2.16. The SMILES string of the molecule is CCNC(=NCc1cc(C(C)C)no1)NCCc1cc(F)cc2c1OCOC2. The number of halogens is 1. The van der Waals surface area contributed by atoms with E-state index in [0.29, 0.717) is 43.8 Å². The van der Waals surface area contributed by atoms with E-state index in [1.807, 2.05) is 13.0 Å². The fourth-order valence-corrected chi connectivity index (χ4v) is 2.93. The number of nitrogens with one attached hydrogen (secondary N) is 2. The Kier molecular flexibility index (Phi) is 6.86. The molecule has 0 saturated carbocycles. The van der Waals surface area contributed by atoms with E-state index in [2.05, 4.69) is 34.6 Å². The zero-order valence-corrected chi connectivity index (χ0v) is 16.5. The smallest absolute Gasteiger partial charge is 0.191 e. The summed E-state index contributed by atoms with van der Waals surface area (Å²) in [5, 5.41) is 10.5. The van der Waals surface area contributed by atoms with E-state index in [1.165, 1.54) is 12.1 Å². The minimum atomic E-state index is -0.283. The Hall–Kier alpha value is -2.61. The fourth-order valence-electron chi connectivity index (χ4n) is 2.93. The van der Waals surface area contributed by atoms with Crippen LogP contribution in [0.15, 0.2) is 27.7 Å². The van der Waals surface area contributed by atoms with Gasteiger partial charge in [0, 0.05) is 24.7 Å². The van der Waals surface area contributed by atoms with Gasteiger partial charge in [0.05, 0.1) is 12.3 Å². The first kappa shape index (κ1) is 20.1. The minimum absolute atomic E-state index is 0.193. The van der Waals surface area contributed by atoms with Crippen molar-refractivity contribution in [1.29, 1.82) is 0 Å². The van der Waals surface area contributed by atoms with Gasteiger partial charge in [0.2, 0.25) is 0 Å². The predicted molar refractivity (Wildman–Crippen MR) is 104 cm³/mol. The lowest BCUT2D eigenvalue weighted by Crippen LogP contribution is -2.38. The highest BCUT2D eigenvalue weighted by atomic mass is 19.1. The molecule has 1 aliphatic heterocycles. The Labute approximate surface area is 164 Å². The molecule has 0 bridgehead atoms. The van der Waals surface area contributed by atoms with Gasteiger partial charge in [-0.05, 0) is 37.0 Å². The minimum Gasteiger partial charge on any atom is -0.467 e. The van der Waals surface area contributed by atoms with Gasteiger partial charge >= 0.3 is 0 Å². The van der Waals surface area contributed by atoms with Gasteiger partial charge in [-0.3, -0.25) is 0 Å². The topological polar surface area (TPSA) is 80.9 Å². The number of aliphatic imine (C=N–C) groups is 1. The number of hydrogen-bond acceptors (Lipinski definition) is 5. The Morgan fingerprint density at radius 1 is 1.29 bits per heavy atom. The third kappa shape index (κ3) is 5.22. The van der Waals surface area contributed by atoms with Crippen LogP contribution in [0.25, 0.3) is 0 Å². The van der Waals surface area contributed by atoms with Gasteiger partial charge in [0.25, 0.3) is 0 Å². The highest BCUT2D eigenvalue weighted by molar-refractivity contribution is 5.79. The molecule has 0 aliphatic carbocycles. The molecule has 0 atom stereocenters. The Morgan fingerprint density at radius 3 is 2.89 bits per heavy atom. The molecule has 3 rings (SSSR count). The number of hydrogen-bond donors (Lipinski definition) is 2. The highest BCUT2D eigenvalue weighted by Crippen LogP contribution is 2.29. The second-order valence-electron chi connectivity index (χ2n) is 6.91. The van der Waals surface area contributed by atoms with Crippen LogP contribution in [0.5, 0.6) is 5.75 Å². The molecular formula is C20H27FN4O3. The van der Waals surface area contributed by atoms with E-state index in [4.69, 9.17) is 14.0 Å². The second kappa shape index (κ2) is 9.54. The second-order valence-corrected chi connectivity index (χ2v) is 6.91. The summed E-state index contributed by atoms with van der Waals surface area (Å²) >= 11 is 0. The summed E-state index contributed by atoms with van der Waals surface area (Å²) in [5.74, 6) is 2.14. The van der Waals surface area contributed by atoms with Gasteiger partial charge < -0.3 is 24.6 Å². The molecule has 2 heterocycles. The van der Waals surface area contributed by atoms with Crippen LogP contribution in [-0.2, 0) is 24.3 Å². The van der Waals surface area contributed by atoms with Crippen molar-refractivity contribution >= 4 is 5.96 Å². The van der Waals surface area contributed by atoms with Crippen LogP contribution in [0.2, 0.25) is 0 Å². The van der Waals surface area contributed by atoms with E-state index in [-0.39, 0.29) is 12.6 Å². The molecule has 0 fully saturated rings. The molecule has 0 amide bonds. The molecule has 1 aliphatic rings. The van der Waals surface area contributed by atoms with Crippen molar-refractivity contribution in [2.45, 2.75) is 46.3 Å². The summed E-state index contributed by atoms with van der Waals surface area (Å²) in [5.41, 5.74) is 2.48. The first-order chi connectivity index (χ1) is 13.6. The fraction of sp³-hybridized carbons (Fsp3) is 0.500. The molecule has 7 nitrogen and oxygen atoms in total. The average molecular weight is 390 g/mol. The van der Waals surface area contributed by atoms with Crippen molar-refractivity contribution in [3.63, 3.8) is 0 Å². The largest absolute Gasteiger partial charge is 0.467 e. The molecule has 0 saturated heterocycles. The molecule has 2 aromatic rings. The van der Waals surface area contributed by atoms with Crippen LogP contribution in [0, 0.1) is 5.82 Å². The number of aromatic nitrogens is 1. The van der Waals surface area contributed by atoms with Crippen molar-refractivity contribution in [2.75, 3.05) is 19.9 Å². The molecular weight excluding hydrogens is 363 g/mol. The van der Waals surface area contributed by atoms with Crippen molar-refractivity contribution in [3.05, 3.63) is 46.6 Å². The van der Waals surface area contributed by atoms with E-state index < -0.39 is 0 Å². The summed E-state index contributed by atoms with van der Waals surface area (Å²) in [6.07, 6.45) is 0.602. The maximum absolute atomic E-state index is 13.8. The van der Waals surface area contributed by atoms with Crippen molar-refractivity contribution in [1.82, 2.24) is 15.8 Å². The lowest BCUT2D eigenvalue weighted by molar-refractivity contribution is -0.0172. The quantitative estimate of drug-likeness (QED) is 0.559. The number of rotatable bonds is 7. The van der Waals surface area contributed by atoms with Gasteiger partial charge in [0.1, 0.15) is 18.1 Å². The van der Waals surface area contributed by atoms with Gasteiger partial charge in [-0.25, -0.2) is 9.38 Å². The van der Waals surface area contributed by atoms with Crippen LogP contribution in [0.1, 0.15) is 49.3 Å². The van der Waals surface area contributed by atoms with Crippen LogP contribution in [-0.4, -0.2) is 31.0 Å². The monoisotopic (exact) mass is 390 g/mol. The maximum Gasteiger partial charge on any atom is 0.191 e. The van der Waals surface area contributed by atoms with E-state index in [1.54, 1.807) is 0 Å². The lowest BCUT2D eigenvalue weighted by atomic mass is 10.1. The van der Waals surface area contributed by atoms with E-state index in [0.717, 1.165) is 29.1 Å². The molecule has 1 aromatic heterocycles. The normalized spacial score (nSPS) is 14.0. The summed E-state index contributed by atoms with van der Waals surface area (Å²) in [6, 6.07) is 4.90. The van der Waals surface area contributed by atoms with Crippen molar-refractivity contribution in [3.8, 4) is 5.75 Å². The zero-order chi connectivity index (χ0) is 19.9. The summed E-state index contributed by atoms with van der Waals surface area (Å²) < 4.78 is 29.9. The first-order valence-electron chi connectivity index (χ1n) is 9.56. The van der Waals surface area contributed by atoms with Gasteiger partial charge in [-0.2, -0.15) is 0 Å². The van der Waals surface area contributed by atoms with Crippen LogP contribution in [0.3, 0.4) is 0 Å². The molecule has 1 aromatic carbocycles. The first-order valence-corrected chi connectivity index (χ1v) is 9.56. The maximum atomic E-state index is 13.8. The van der Waals surface area contributed by atoms with Gasteiger partial charge in [0.15, 0.2) is 18.5 Å². The number of benzene rings is 1. The lowest BCUT2D eigenvalue weighted by Gasteiger charge is -2.21. The van der Waals surface area contributed by atoms with Gasteiger partial charge in [-0.15, -0.1) is 0 Å². The van der Waals surface area contributed by atoms with Gasteiger partial charge in [-0.1, -0.05) is 19.0 Å². The molecule has 8 heteroatoms. The van der Waals surface area contributed by atoms with Crippen LogP contribution < -0.4 is 15.4 Å². The third-order valence-electron chi connectivity index (χ3n) is 4.34. The van der Waals surface area contributed by atoms with Crippen molar-refractivity contribution in [2.24, 2.45) is 4.99 Å². The molecule has 28 heavy (non-hydrogen) atoms. The molecule has 2 N–H and O–H groups in total. The van der Waals surface area contributed by atoms with E-state index >= 15 is 0 Å². The van der Waals surface area contributed by atoms with Crippen LogP contribution in [0.4, 0.5) is 4.39 Å². The zero-order valence-electron chi connectivity index (χ0n) is 16.5. The Balaban J connectivity index is 1.60. The number of guanidine groups is 1. The Bertz CT molecular complexity index is 820. The molecule has 0 unspecified atom stereocenters. The third-order valence-corrected chi connectivity index (χ3v) is 4.34. The molecule has 0 radical (unpaired) electrons. The standard InChI is InChI=1S/C20H27FN4O3/c1-4-22-20(24-10-17-9-18(13(2)3)25-28-17)23-6-5-14-7-16(21)8-15-11-26-12-27-19(14)15/h7-9,13H,4-6,10-12H2,1-3H3,(H2,22,23,24). The predicted octanol–water partition coefficient (Wildman–Crippen LogP) is 3.10. The van der Waals surface area contributed by atoms with Crippen LogP contribution >= 0.6 is 0 Å². The number of fused-ring (bicyclic) bond motifs is 1. The average Bonchev–Trinajstić information content (AvgIpc) is 3.15. The Morgan fingerprint density at radius 2 is 2.14 bits per heavy atom. The number of ether oxygens (including phenoxy) is 2. The molecule has 152 valence electrons. The number of nitrogens with zero attached hydrogens (tertiary/aromatic N) is 2. The van der Waals surface area contributed by atoms with E-state index in [9.17, 15) is 4.39 Å². The summed E-state index contributed by atoms with van der Waals surface area (Å²) in [6.45, 7) is 8.40. The summed E-state index contributed by atoms with van der Waals surface area (Å²) in [7, 11) is 0. The van der Waals surface area contributed by atoms with Crippen molar-refractivity contribution < 1.29 is 18.4 Å². The molecule has 0 spiro atoms. The summed E-state index contributed by atoms with van der Waals surface area (Å²) in [4.78, 5) is 4.53.